The van der Waals surface area contributed by atoms with E-state index in [1.165, 1.54) is 5.56 Å². The van der Waals surface area contributed by atoms with Crippen LogP contribution in [-0.4, -0.2) is 26.3 Å². The van der Waals surface area contributed by atoms with E-state index in [1.807, 2.05) is 30.3 Å². The summed E-state index contributed by atoms with van der Waals surface area (Å²) < 4.78 is 0. The quantitative estimate of drug-likeness (QED) is 0.584. The summed E-state index contributed by atoms with van der Waals surface area (Å²) in [6.45, 7) is 6.95. The molecule has 0 radical (unpaired) electrons. The van der Waals surface area contributed by atoms with Crippen molar-refractivity contribution >= 4 is 27.8 Å². The summed E-state index contributed by atoms with van der Waals surface area (Å²) in [7, 11) is 0. The molecule has 2 aromatic heterocycles. The summed E-state index contributed by atoms with van der Waals surface area (Å²) in [6, 6.07) is 15.6. The van der Waals surface area contributed by atoms with Crippen molar-refractivity contribution in [2.24, 2.45) is 0 Å². The predicted octanol–water partition coefficient (Wildman–Crippen LogP) is 3.73. The number of hydrogen-bond acceptors (Lipinski definition) is 4. The number of benzene rings is 2. The molecule has 0 bridgehead atoms. The van der Waals surface area contributed by atoms with Gasteiger partial charge in [-0.15, -0.1) is 5.10 Å². The molecule has 136 valence electrons. The van der Waals surface area contributed by atoms with Crippen LogP contribution < -0.4 is 5.32 Å². The zero-order valence-corrected chi connectivity index (χ0v) is 15.6. The number of nitrogens with zero attached hydrogens (tertiary/aromatic N) is 3. The minimum absolute atomic E-state index is 0.0786. The van der Waals surface area contributed by atoms with Crippen LogP contribution in [0.15, 0.2) is 48.5 Å². The van der Waals surface area contributed by atoms with Gasteiger partial charge in [0.25, 0.3) is 5.91 Å². The third kappa shape index (κ3) is 3.51. The number of aromatic amines is 1. The van der Waals surface area contributed by atoms with E-state index in [2.05, 4.69) is 58.6 Å². The minimum Gasteiger partial charge on any atom is -0.347 e. The van der Waals surface area contributed by atoms with Gasteiger partial charge in [0.05, 0.1) is 11.0 Å². The average Bonchev–Trinajstić information content (AvgIpc) is 3.12. The van der Waals surface area contributed by atoms with Crippen LogP contribution in [0.1, 0.15) is 42.4 Å². The first-order valence-electron chi connectivity index (χ1n) is 8.89. The Balaban J connectivity index is 1.51. The Morgan fingerprint density at radius 1 is 1.04 bits per heavy atom. The molecule has 0 aliphatic heterocycles. The molecule has 6 heteroatoms. The third-order valence-electron chi connectivity index (χ3n) is 4.63. The average molecular weight is 359 g/mol. The maximum Gasteiger partial charge on any atom is 0.270 e. The summed E-state index contributed by atoms with van der Waals surface area (Å²) in [5.74, 6) is -0.197. The van der Waals surface area contributed by atoms with Crippen LogP contribution in [-0.2, 0) is 12.0 Å². The Bertz CT molecular complexity index is 1140. The van der Waals surface area contributed by atoms with Crippen LogP contribution in [0.4, 0.5) is 0 Å². The molecule has 0 saturated carbocycles. The molecular weight excluding hydrogens is 338 g/mol. The van der Waals surface area contributed by atoms with Crippen LogP contribution in [0.3, 0.4) is 0 Å². The number of nitrogens with one attached hydrogen (secondary N) is 2. The Hall–Kier alpha value is -3.28. The Kier molecular flexibility index (Phi) is 4.11. The second kappa shape index (κ2) is 6.46. The van der Waals surface area contributed by atoms with Crippen LogP contribution in [0.25, 0.3) is 21.9 Å². The maximum absolute atomic E-state index is 12.5. The fraction of sp³-hybridized carbons (Fsp3) is 0.238. The van der Waals surface area contributed by atoms with Crippen LogP contribution in [0.2, 0.25) is 0 Å². The molecule has 0 saturated heterocycles. The third-order valence-corrected chi connectivity index (χ3v) is 4.63. The van der Waals surface area contributed by atoms with E-state index >= 15 is 0 Å². The molecule has 0 fully saturated rings. The van der Waals surface area contributed by atoms with E-state index in [1.54, 1.807) is 6.07 Å². The highest BCUT2D eigenvalue weighted by atomic mass is 16.1. The van der Waals surface area contributed by atoms with Crippen LogP contribution >= 0.6 is 0 Å². The Labute approximate surface area is 157 Å². The highest BCUT2D eigenvalue weighted by molar-refractivity contribution is 5.95. The van der Waals surface area contributed by atoms with E-state index in [4.69, 9.17) is 0 Å². The molecule has 0 atom stereocenters. The first-order valence-corrected chi connectivity index (χ1v) is 8.89. The summed E-state index contributed by atoms with van der Waals surface area (Å²) in [4.78, 5) is 17.0. The van der Waals surface area contributed by atoms with Gasteiger partial charge in [-0.1, -0.05) is 44.2 Å². The topological polar surface area (TPSA) is 83.6 Å². The van der Waals surface area contributed by atoms with E-state index in [9.17, 15) is 4.79 Å². The smallest absolute Gasteiger partial charge is 0.270 e. The highest BCUT2D eigenvalue weighted by Crippen LogP contribution is 2.25. The van der Waals surface area contributed by atoms with E-state index in [0.717, 1.165) is 27.5 Å². The van der Waals surface area contributed by atoms with Crippen molar-refractivity contribution in [2.75, 3.05) is 0 Å². The molecule has 0 spiro atoms. The number of aromatic nitrogens is 4. The monoisotopic (exact) mass is 359 g/mol. The number of fused-ring (bicyclic) bond motifs is 2. The second-order valence-corrected chi connectivity index (χ2v) is 7.70. The van der Waals surface area contributed by atoms with Gasteiger partial charge < -0.3 is 5.32 Å². The van der Waals surface area contributed by atoms with Gasteiger partial charge in [0.15, 0.2) is 0 Å². The van der Waals surface area contributed by atoms with Crippen molar-refractivity contribution in [3.05, 3.63) is 65.4 Å². The Morgan fingerprint density at radius 3 is 2.70 bits per heavy atom. The fourth-order valence-corrected chi connectivity index (χ4v) is 2.99. The first-order chi connectivity index (χ1) is 12.9. The van der Waals surface area contributed by atoms with Crippen molar-refractivity contribution in [3.8, 4) is 0 Å². The summed E-state index contributed by atoms with van der Waals surface area (Å²) in [6.07, 6.45) is 0. The number of pyridine rings is 1. The fourth-order valence-electron chi connectivity index (χ4n) is 2.99. The molecule has 4 rings (SSSR count). The normalized spacial score (nSPS) is 11.8. The lowest BCUT2D eigenvalue weighted by atomic mass is 9.86. The molecule has 1 amide bonds. The minimum atomic E-state index is -0.197. The molecule has 4 aromatic rings. The molecule has 0 aliphatic carbocycles. The molecule has 6 nitrogen and oxygen atoms in total. The highest BCUT2D eigenvalue weighted by Gasteiger charge is 2.15. The summed E-state index contributed by atoms with van der Waals surface area (Å²) in [5, 5.41) is 14.5. The van der Waals surface area contributed by atoms with Crippen molar-refractivity contribution in [3.63, 3.8) is 0 Å². The molecule has 0 aliphatic rings. The lowest BCUT2D eigenvalue weighted by Gasteiger charge is -2.19. The van der Waals surface area contributed by atoms with Gasteiger partial charge in [-0.25, -0.2) is 4.98 Å². The number of rotatable bonds is 3. The molecule has 0 unspecified atom stereocenters. The number of H-pyrrole nitrogens is 1. The number of carbonyl (C=O) groups excluding carboxylic acids is 1. The molecule has 2 aromatic carbocycles. The largest absolute Gasteiger partial charge is 0.347 e. The van der Waals surface area contributed by atoms with Gasteiger partial charge in [-0.3, -0.25) is 9.89 Å². The number of hydrogen-bond donors (Lipinski definition) is 2. The van der Waals surface area contributed by atoms with E-state index < -0.39 is 0 Å². The predicted molar refractivity (Wildman–Crippen MR) is 106 cm³/mol. The van der Waals surface area contributed by atoms with E-state index in [0.29, 0.717) is 12.2 Å². The van der Waals surface area contributed by atoms with Crippen molar-refractivity contribution < 1.29 is 4.79 Å². The first kappa shape index (κ1) is 17.1. The van der Waals surface area contributed by atoms with Crippen molar-refractivity contribution in [2.45, 2.75) is 32.7 Å². The van der Waals surface area contributed by atoms with Gasteiger partial charge in [-0.05, 0) is 46.9 Å². The van der Waals surface area contributed by atoms with Gasteiger partial charge in [0.2, 0.25) is 0 Å². The molecule has 27 heavy (non-hydrogen) atoms. The number of carbonyl (C=O) groups is 1. The van der Waals surface area contributed by atoms with E-state index in [-0.39, 0.29) is 11.3 Å². The molecule has 2 heterocycles. The summed E-state index contributed by atoms with van der Waals surface area (Å²) in [5.41, 5.74) is 5.16. The zero-order valence-electron chi connectivity index (χ0n) is 15.6. The zero-order chi connectivity index (χ0) is 19.0. The van der Waals surface area contributed by atoms with Crippen molar-refractivity contribution in [1.29, 1.82) is 0 Å². The second-order valence-electron chi connectivity index (χ2n) is 7.70. The summed E-state index contributed by atoms with van der Waals surface area (Å²) >= 11 is 0. The van der Waals surface area contributed by atoms with Crippen molar-refractivity contribution in [1.82, 2.24) is 25.7 Å². The lowest BCUT2D eigenvalue weighted by molar-refractivity contribution is 0.0946. The number of amides is 1. The van der Waals surface area contributed by atoms with Crippen LogP contribution in [0.5, 0.6) is 0 Å². The van der Waals surface area contributed by atoms with Gasteiger partial charge in [0.1, 0.15) is 11.2 Å². The lowest BCUT2D eigenvalue weighted by Crippen LogP contribution is -2.23. The molecule has 2 N–H and O–H groups in total. The molecular formula is C21H21N5O. The van der Waals surface area contributed by atoms with Crippen LogP contribution in [0, 0.1) is 0 Å². The van der Waals surface area contributed by atoms with Gasteiger partial charge >= 0.3 is 0 Å². The SMILES string of the molecule is CC(C)(C)c1ccc2nc(C(=O)NCc3ccc4[nH]nnc4c3)ccc2c1. The standard InChI is InChI=1S/C21H21N5O/c1-21(2,3)15-6-9-16-14(11-15)5-8-18(23-16)20(27)22-12-13-4-7-17-19(10-13)25-26-24-17/h4-11H,12H2,1-3H3,(H,22,27)(H,24,25,26). The Morgan fingerprint density at radius 2 is 1.89 bits per heavy atom. The maximum atomic E-state index is 12.5. The van der Waals surface area contributed by atoms with Gasteiger partial charge in [0, 0.05) is 11.9 Å². The van der Waals surface area contributed by atoms with Gasteiger partial charge in [-0.2, -0.15) is 0 Å².